The van der Waals surface area contributed by atoms with Crippen LogP contribution < -0.4 is 0 Å². The predicted molar refractivity (Wildman–Crippen MR) is 225 cm³/mol. The summed E-state index contributed by atoms with van der Waals surface area (Å²) >= 11 is 0. The van der Waals surface area contributed by atoms with E-state index in [2.05, 4.69) is 194 Å². The van der Waals surface area contributed by atoms with E-state index in [-0.39, 0.29) is 5.41 Å². The highest BCUT2D eigenvalue weighted by Gasteiger charge is 2.40. The zero-order valence-corrected chi connectivity index (χ0v) is 30.1. The maximum atomic E-state index is 5.55. The normalized spacial score (nSPS) is 13.1. The fourth-order valence-corrected chi connectivity index (χ4v) is 9.10. The van der Waals surface area contributed by atoms with Gasteiger partial charge in [-0.1, -0.05) is 172 Å². The van der Waals surface area contributed by atoms with E-state index in [4.69, 9.17) is 9.97 Å². The largest absolute Gasteiger partial charge is 0.278 e. The third-order valence-corrected chi connectivity index (χ3v) is 11.6. The van der Waals surface area contributed by atoms with Crippen LogP contribution in [0.5, 0.6) is 0 Å². The van der Waals surface area contributed by atoms with Crippen molar-refractivity contribution in [2.75, 3.05) is 0 Å². The molecule has 0 radical (unpaired) electrons. The van der Waals surface area contributed by atoms with E-state index in [0.717, 1.165) is 27.7 Å². The second kappa shape index (κ2) is 11.6. The van der Waals surface area contributed by atoms with E-state index >= 15 is 0 Å². The highest BCUT2D eigenvalue weighted by Crippen LogP contribution is 2.56. The molecule has 0 fully saturated rings. The summed E-state index contributed by atoms with van der Waals surface area (Å²) in [5.41, 5.74) is 14.9. The van der Waals surface area contributed by atoms with E-state index in [9.17, 15) is 0 Å². The second-order valence-electron chi connectivity index (χ2n) is 15.0. The summed E-state index contributed by atoms with van der Waals surface area (Å²) in [6.45, 7) is 4.76. The Kier molecular flexibility index (Phi) is 6.60. The number of hydrogen-bond acceptors (Lipinski definition) is 2. The average molecular weight is 690 g/mol. The molecule has 54 heavy (non-hydrogen) atoms. The molecule has 1 aliphatic rings. The summed E-state index contributed by atoms with van der Waals surface area (Å²) in [5, 5.41) is 5.99. The Morgan fingerprint density at radius 3 is 1.80 bits per heavy atom. The molecular weight excluding hydrogens is 655 g/mol. The Balaban J connectivity index is 1.27. The molecule has 3 heteroatoms. The lowest BCUT2D eigenvalue weighted by molar-refractivity contribution is 0.664. The molecule has 0 saturated carbocycles. The van der Waals surface area contributed by atoms with Crippen molar-refractivity contribution in [2.24, 2.45) is 0 Å². The molecule has 8 aromatic carbocycles. The zero-order chi connectivity index (χ0) is 36.0. The smallest absolute Gasteiger partial charge is 0.235 e. The van der Waals surface area contributed by atoms with Crippen molar-refractivity contribution in [1.82, 2.24) is 14.5 Å². The van der Waals surface area contributed by atoms with Gasteiger partial charge in [-0.2, -0.15) is 0 Å². The van der Waals surface area contributed by atoms with Gasteiger partial charge in [0.1, 0.15) is 0 Å². The Labute approximate surface area is 313 Å². The minimum Gasteiger partial charge on any atom is -0.278 e. The second-order valence-corrected chi connectivity index (χ2v) is 15.0. The summed E-state index contributed by atoms with van der Waals surface area (Å²) in [7, 11) is 0. The third kappa shape index (κ3) is 4.42. The summed E-state index contributed by atoms with van der Waals surface area (Å²) in [5.74, 6) is 0.674. The van der Waals surface area contributed by atoms with E-state index in [1.807, 2.05) is 0 Å². The SMILES string of the molecule is CC1(C)c2ccccc2-c2c1c1c(c3ccccc23)c2cc(-c3ccccc3)ccc2n1-c1nc(-c2ccc(-c3ccccc3)cc2)c2ccccc2n1. The third-order valence-electron chi connectivity index (χ3n) is 11.6. The van der Waals surface area contributed by atoms with Crippen molar-refractivity contribution in [3.8, 4) is 50.6 Å². The number of hydrogen-bond donors (Lipinski definition) is 0. The van der Waals surface area contributed by atoms with E-state index in [1.165, 1.54) is 71.6 Å². The van der Waals surface area contributed by atoms with Gasteiger partial charge in [-0.3, -0.25) is 4.57 Å². The summed E-state index contributed by atoms with van der Waals surface area (Å²) < 4.78 is 2.37. The predicted octanol–water partition coefficient (Wildman–Crippen LogP) is 13.2. The molecule has 10 aromatic rings. The highest BCUT2D eigenvalue weighted by molar-refractivity contribution is 6.27. The molecular formula is C51H35N3. The van der Waals surface area contributed by atoms with Crippen molar-refractivity contribution >= 4 is 43.5 Å². The van der Waals surface area contributed by atoms with Gasteiger partial charge in [0.05, 0.1) is 22.2 Å². The molecule has 0 aliphatic heterocycles. The van der Waals surface area contributed by atoms with Gasteiger partial charge in [-0.15, -0.1) is 0 Å². The fourth-order valence-electron chi connectivity index (χ4n) is 9.10. The van der Waals surface area contributed by atoms with E-state index in [1.54, 1.807) is 0 Å². The highest BCUT2D eigenvalue weighted by atomic mass is 15.2. The van der Waals surface area contributed by atoms with Crippen LogP contribution in [-0.2, 0) is 5.41 Å². The Morgan fingerprint density at radius 2 is 1.04 bits per heavy atom. The molecule has 0 unspecified atom stereocenters. The van der Waals surface area contributed by atoms with E-state index in [0.29, 0.717) is 5.95 Å². The van der Waals surface area contributed by atoms with Crippen molar-refractivity contribution in [3.05, 3.63) is 187 Å². The lowest BCUT2D eigenvalue weighted by atomic mass is 9.80. The van der Waals surface area contributed by atoms with Crippen molar-refractivity contribution in [3.63, 3.8) is 0 Å². The van der Waals surface area contributed by atoms with Crippen molar-refractivity contribution in [1.29, 1.82) is 0 Å². The summed E-state index contributed by atoms with van der Waals surface area (Å²) in [6, 6.07) is 63.2. The molecule has 0 spiro atoms. The van der Waals surface area contributed by atoms with Crippen molar-refractivity contribution < 1.29 is 0 Å². The van der Waals surface area contributed by atoms with Crippen LogP contribution in [-0.4, -0.2) is 14.5 Å². The van der Waals surface area contributed by atoms with Crippen LogP contribution in [0.3, 0.4) is 0 Å². The molecule has 0 amide bonds. The number of nitrogens with zero attached hydrogens (tertiary/aromatic N) is 3. The summed E-state index contributed by atoms with van der Waals surface area (Å²) in [6.07, 6.45) is 0. The maximum absolute atomic E-state index is 5.55. The summed E-state index contributed by atoms with van der Waals surface area (Å²) in [4.78, 5) is 11.0. The zero-order valence-electron chi connectivity index (χ0n) is 30.1. The van der Waals surface area contributed by atoms with Crippen LogP contribution in [0.25, 0.3) is 94.1 Å². The molecule has 1 aliphatic carbocycles. The number of rotatable bonds is 4. The minimum atomic E-state index is -0.268. The monoisotopic (exact) mass is 689 g/mol. The van der Waals surface area contributed by atoms with Crippen LogP contribution in [0.15, 0.2) is 176 Å². The van der Waals surface area contributed by atoms with Crippen LogP contribution in [0.4, 0.5) is 0 Å². The van der Waals surface area contributed by atoms with Gasteiger partial charge in [0.15, 0.2) is 0 Å². The van der Waals surface area contributed by atoms with Gasteiger partial charge in [0, 0.05) is 27.1 Å². The molecule has 0 saturated heterocycles. The topological polar surface area (TPSA) is 30.7 Å². The first kappa shape index (κ1) is 30.8. The van der Waals surface area contributed by atoms with Gasteiger partial charge < -0.3 is 0 Å². The first-order valence-corrected chi connectivity index (χ1v) is 18.7. The molecule has 0 atom stereocenters. The molecule has 0 bridgehead atoms. The number of aromatic nitrogens is 3. The number of benzene rings is 8. The Morgan fingerprint density at radius 1 is 0.463 bits per heavy atom. The average Bonchev–Trinajstić information content (AvgIpc) is 3.70. The standard InChI is InChI=1S/C51H35N3/c1-51(2)42-23-13-11-21-39(42)45-37-19-9-10-20-38(37)46-41-31-36(33-17-7-4-8-18-33)29-30-44(41)54(49(46)47(45)51)50-52-43-24-14-12-22-40(43)48(53-50)35-27-25-34(26-28-35)32-15-5-3-6-16-32/h3-31H,1-2H3. The lowest BCUT2D eigenvalue weighted by Gasteiger charge is -2.24. The lowest BCUT2D eigenvalue weighted by Crippen LogP contribution is -2.17. The van der Waals surface area contributed by atoms with Gasteiger partial charge in [-0.25, -0.2) is 9.97 Å². The fraction of sp³-hybridized carbons (Fsp3) is 0.0588. The maximum Gasteiger partial charge on any atom is 0.235 e. The van der Waals surface area contributed by atoms with E-state index < -0.39 is 0 Å². The molecule has 2 aromatic heterocycles. The molecule has 3 nitrogen and oxygen atoms in total. The molecule has 11 rings (SSSR count). The molecule has 2 heterocycles. The van der Waals surface area contributed by atoms with Crippen LogP contribution in [0.2, 0.25) is 0 Å². The van der Waals surface area contributed by atoms with Gasteiger partial charge in [-0.05, 0) is 73.5 Å². The van der Waals surface area contributed by atoms with Gasteiger partial charge in [0.2, 0.25) is 5.95 Å². The quantitative estimate of drug-likeness (QED) is 0.184. The first-order valence-electron chi connectivity index (χ1n) is 18.7. The number of fused-ring (bicyclic) bond motifs is 11. The van der Waals surface area contributed by atoms with Crippen LogP contribution in [0, 0.1) is 0 Å². The minimum absolute atomic E-state index is 0.268. The Hall–Kier alpha value is -6.84. The van der Waals surface area contributed by atoms with Crippen LogP contribution in [0.1, 0.15) is 25.0 Å². The van der Waals surface area contributed by atoms with Crippen LogP contribution >= 0.6 is 0 Å². The number of para-hydroxylation sites is 1. The van der Waals surface area contributed by atoms with Gasteiger partial charge >= 0.3 is 0 Å². The first-order chi connectivity index (χ1) is 26.6. The van der Waals surface area contributed by atoms with Crippen molar-refractivity contribution in [2.45, 2.75) is 19.3 Å². The Bertz CT molecular complexity index is 3100. The van der Waals surface area contributed by atoms with Gasteiger partial charge in [0.25, 0.3) is 0 Å². The molecule has 0 N–H and O–H groups in total. The molecule has 254 valence electrons.